The molecule has 0 aliphatic carbocycles. The van der Waals surface area contributed by atoms with Gasteiger partial charge in [0.05, 0.1) is 11.2 Å². The number of rotatable bonds is 5. The second-order valence-corrected chi connectivity index (χ2v) is 7.60. The molecule has 3 rings (SSSR count). The van der Waals surface area contributed by atoms with E-state index >= 15 is 0 Å². The van der Waals surface area contributed by atoms with E-state index in [1.54, 1.807) is 59.7 Å². The normalized spacial score (nSPS) is 16.4. The van der Waals surface area contributed by atoms with Gasteiger partial charge in [-0.15, -0.1) is 0 Å². The number of sulfonamides is 1. The second kappa shape index (κ2) is 7.67. The number of carbonyl (C=O) groups excluding carboxylic acids is 1. The topological polar surface area (TPSA) is 79.6 Å². The van der Waals surface area contributed by atoms with Gasteiger partial charge in [-0.3, -0.25) is 4.79 Å². The molecule has 25 heavy (non-hydrogen) atoms. The van der Waals surface area contributed by atoms with Gasteiger partial charge in [0.15, 0.2) is 0 Å². The maximum Gasteiger partial charge on any atom is 0.246 e. The summed E-state index contributed by atoms with van der Waals surface area (Å²) in [6, 6.07) is 11.7. The average Bonchev–Trinajstić information content (AvgIpc) is 3.14. The number of nitrogens with zero attached hydrogens (tertiary/aromatic N) is 1. The summed E-state index contributed by atoms with van der Waals surface area (Å²) < 4.78 is 32.6. The van der Waals surface area contributed by atoms with Crippen molar-refractivity contribution in [3.05, 3.63) is 60.6 Å². The molecule has 0 bridgehead atoms. The number of hydrogen-bond acceptors (Lipinski definition) is 4. The van der Waals surface area contributed by atoms with Gasteiger partial charge in [-0.05, 0) is 43.2 Å². The minimum absolute atomic E-state index is 0.0965. The van der Waals surface area contributed by atoms with Crippen LogP contribution in [0, 0.1) is 0 Å². The molecule has 2 aromatic rings. The van der Waals surface area contributed by atoms with Gasteiger partial charge in [0.2, 0.25) is 15.9 Å². The van der Waals surface area contributed by atoms with E-state index in [9.17, 15) is 13.2 Å². The number of piperidine rings is 1. The van der Waals surface area contributed by atoms with E-state index in [0.717, 1.165) is 0 Å². The molecule has 0 saturated carbocycles. The highest BCUT2D eigenvalue weighted by Crippen LogP contribution is 2.15. The van der Waals surface area contributed by atoms with Crippen molar-refractivity contribution in [3.63, 3.8) is 0 Å². The fraction of sp³-hybridized carbons (Fsp3) is 0.278. The number of carbonyl (C=O) groups is 1. The SMILES string of the molecule is O=C(/C=C/c1ccco1)N1CCC(NS(=O)(=O)c2ccccc2)CC1. The van der Waals surface area contributed by atoms with Crippen LogP contribution < -0.4 is 4.72 Å². The Morgan fingerprint density at radius 2 is 1.84 bits per heavy atom. The van der Waals surface area contributed by atoms with Gasteiger partial charge in [0, 0.05) is 25.2 Å². The van der Waals surface area contributed by atoms with Crippen LogP contribution in [0.1, 0.15) is 18.6 Å². The molecule has 0 spiro atoms. The summed E-state index contributed by atoms with van der Waals surface area (Å²) >= 11 is 0. The highest BCUT2D eigenvalue weighted by molar-refractivity contribution is 7.89. The van der Waals surface area contributed by atoms with Crippen LogP contribution in [0.5, 0.6) is 0 Å². The van der Waals surface area contributed by atoms with Gasteiger partial charge in [-0.1, -0.05) is 18.2 Å². The molecule has 2 heterocycles. The standard InChI is InChI=1S/C18H20N2O4S/c21-18(9-8-16-5-4-14-24-16)20-12-10-15(11-13-20)19-25(22,23)17-6-2-1-3-7-17/h1-9,14-15,19H,10-13H2/b9-8+. The Labute approximate surface area is 147 Å². The van der Waals surface area contributed by atoms with Crippen molar-refractivity contribution in [1.29, 1.82) is 0 Å². The van der Waals surface area contributed by atoms with E-state index in [-0.39, 0.29) is 16.8 Å². The van der Waals surface area contributed by atoms with E-state index in [0.29, 0.717) is 31.7 Å². The molecular weight excluding hydrogens is 340 g/mol. The van der Waals surface area contributed by atoms with E-state index in [4.69, 9.17) is 4.42 Å². The smallest absolute Gasteiger partial charge is 0.246 e. The first-order chi connectivity index (χ1) is 12.0. The minimum Gasteiger partial charge on any atom is -0.465 e. The van der Waals surface area contributed by atoms with E-state index in [1.807, 2.05) is 0 Å². The van der Waals surface area contributed by atoms with Crippen LogP contribution in [0.4, 0.5) is 0 Å². The van der Waals surface area contributed by atoms with Crippen molar-refractivity contribution in [2.24, 2.45) is 0 Å². The highest BCUT2D eigenvalue weighted by Gasteiger charge is 2.25. The predicted octanol–water partition coefficient (Wildman–Crippen LogP) is 2.26. The number of furan rings is 1. The number of nitrogens with one attached hydrogen (secondary N) is 1. The fourth-order valence-corrected chi connectivity index (χ4v) is 4.08. The zero-order valence-corrected chi connectivity index (χ0v) is 14.5. The van der Waals surface area contributed by atoms with Gasteiger partial charge >= 0.3 is 0 Å². The highest BCUT2D eigenvalue weighted by atomic mass is 32.2. The lowest BCUT2D eigenvalue weighted by Crippen LogP contribution is -2.46. The van der Waals surface area contributed by atoms with Crippen molar-refractivity contribution in [2.45, 2.75) is 23.8 Å². The minimum atomic E-state index is -3.52. The first-order valence-corrected chi connectivity index (χ1v) is 9.61. The number of benzene rings is 1. The monoisotopic (exact) mass is 360 g/mol. The Morgan fingerprint density at radius 3 is 2.48 bits per heavy atom. The molecule has 6 nitrogen and oxygen atoms in total. The van der Waals surface area contributed by atoms with E-state index in [1.165, 1.54) is 6.08 Å². The maximum absolute atomic E-state index is 12.3. The first-order valence-electron chi connectivity index (χ1n) is 8.12. The molecule has 1 aliphatic rings. The molecule has 0 atom stereocenters. The Morgan fingerprint density at radius 1 is 1.12 bits per heavy atom. The van der Waals surface area contributed by atoms with Crippen LogP contribution in [0.3, 0.4) is 0 Å². The van der Waals surface area contributed by atoms with Gasteiger partial charge < -0.3 is 9.32 Å². The Balaban J connectivity index is 1.53. The molecule has 1 saturated heterocycles. The summed E-state index contributed by atoms with van der Waals surface area (Å²) in [4.78, 5) is 14.1. The molecule has 1 N–H and O–H groups in total. The van der Waals surface area contributed by atoms with Crippen LogP contribution in [0.15, 0.2) is 64.1 Å². The molecule has 1 fully saturated rings. The van der Waals surface area contributed by atoms with Crippen molar-refractivity contribution >= 4 is 22.0 Å². The van der Waals surface area contributed by atoms with Crippen molar-refractivity contribution in [3.8, 4) is 0 Å². The van der Waals surface area contributed by atoms with Gasteiger partial charge in [-0.2, -0.15) is 0 Å². The molecule has 7 heteroatoms. The van der Waals surface area contributed by atoms with Crippen LogP contribution in [0.2, 0.25) is 0 Å². The predicted molar refractivity (Wildman–Crippen MR) is 94.1 cm³/mol. The number of amides is 1. The van der Waals surface area contributed by atoms with Crippen LogP contribution >= 0.6 is 0 Å². The molecule has 0 unspecified atom stereocenters. The summed E-state index contributed by atoms with van der Waals surface area (Å²) in [7, 11) is -3.52. The molecule has 1 aromatic heterocycles. The largest absolute Gasteiger partial charge is 0.465 e. The number of likely N-dealkylation sites (tertiary alicyclic amines) is 1. The number of hydrogen-bond donors (Lipinski definition) is 1. The third-order valence-electron chi connectivity index (χ3n) is 4.12. The van der Waals surface area contributed by atoms with Crippen molar-refractivity contribution in [2.75, 3.05) is 13.1 Å². The van der Waals surface area contributed by atoms with Crippen molar-refractivity contribution in [1.82, 2.24) is 9.62 Å². The first kappa shape index (κ1) is 17.4. The lowest BCUT2D eigenvalue weighted by molar-refractivity contribution is -0.126. The van der Waals surface area contributed by atoms with Gasteiger partial charge in [-0.25, -0.2) is 13.1 Å². The lowest BCUT2D eigenvalue weighted by Gasteiger charge is -2.31. The van der Waals surface area contributed by atoms with E-state index in [2.05, 4.69) is 4.72 Å². The maximum atomic E-state index is 12.3. The Bertz CT molecular complexity index is 821. The molecule has 1 aliphatic heterocycles. The fourth-order valence-electron chi connectivity index (χ4n) is 2.75. The zero-order chi connectivity index (χ0) is 17.7. The molecule has 132 valence electrons. The Kier molecular flexibility index (Phi) is 5.35. The summed E-state index contributed by atoms with van der Waals surface area (Å²) in [6.45, 7) is 1.03. The quantitative estimate of drug-likeness (QED) is 0.830. The summed E-state index contributed by atoms with van der Waals surface area (Å²) in [5, 5.41) is 0. The van der Waals surface area contributed by atoms with Gasteiger partial charge in [0.1, 0.15) is 5.76 Å². The van der Waals surface area contributed by atoms with Crippen LogP contribution in [0.25, 0.3) is 6.08 Å². The molecule has 0 radical (unpaired) electrons. The summed E-state index contributed by atoms with van der Waals surface area (Å²) in [5.74, 6) is 0.527. The molecule has 1 aromatic carbocycles. The zero-order valence-electron chi connectivity index (χ0n) is 13.7. The average molecular weight is 360 g/mol. The molecular formula is C18H20N2O4S. The molecule has 1 amide bonds. The van der Waals surface area contributed by atoms with Crippen molar-refractivity contribution < 1.29 is 17.6 Å². The summed E-state index contributed by atoms with van der Waals surface area (Å²) in [5.41, 5.74) is 0. The van der Waals surface area contributed by atoms with Crippen LogP contribution in [-0.4, -0.2) is 38.4 Å². The van der Waals surface area contributed by atoms with Crippen LogP contribution in [-0.2, 0) is 14.8 Å². The second-order valence-electron chi connectivity index (χ2n) is 5.88. The van der Waals surface area contributed by atoms with Gasteiger partial charge in [0.25, 0.3) is 0 Å². The third-order valence-corrected chi connectivity index (χ3v) is 5.65. The Hall–Kier alpha value is -2.38. The third kappa shape index (κ3) is 4.58. The van der Waals surface area contributed by atoms with E-state index < -0.39 is 10.0 Å². The summed E-state index contributed by atoms with van der Waals surface area (Å²) in [6.07, 6.45) is 5.84. The lowest BCUT2D eigenvalue weighted by atomic mass is 10.1.